The molecule has 0 aliphatic carbocycles. The Morgan fingerprint density at radius 3 is 3.38 bits per heavy atom. The predicted molar refractivity (Wildman–Crippen MR) is 50.3 cm³/mol. The molecule has 0 bridgehead atoms. The largest absolute Gasteiger partial charge is 0.328 e. The first-order chi connectivity index (χ1) is 6.27. The molecule has 0 saturated heterocycles. The van der Waals surface area contributed by atoms with Gasteiger partial charge in [0.15, 0.2) is 0 Å². The van der Waals surface area contributed by atoms with Gasteiger partial charge in [0, 0.05) is 18.5 Å². The van der Waals surface area contributed by atoms with E-state index in [4.69, 9.17) is 5.73 Å². The molecule has 1 aromatic rings. The van der Waals surface area contributed by atoms with Gasteiger partial charge in [-0.25, -0.2) is 0 Å². The lowest BCUT2D eigenvalue weighted by Crippen LogP contribution is -2.25. The molecule has 0 fully saturated rings. The number of hydrogen-bond donors (Lipinski definition) is 1. The second-order valence-corrected chi connectivity index (χ2v) is 3.91. The van der Waals surface area contributed by atoms with Gasteiger partial charge in [0.2, 0.25) is 0 Å². The van der Waals surface area contributed by atoms with Crippen molar-refractivity contribution < 1.29 is 0 Å². The Labute approximate surface area is 78.1 Å². The third kappa shape index (κ3) is 1.72. The van der Waals surface area contributed by atoms with Gasteiger partial charge in [-0.2, -0.15) is 0 Å². The summed E-state index contributed by atoms with van der Waals surface area (Å²) < 4.78 is 2.19. The molecule has 2 N–H and O–H groups in total. The normalized spacial score (nSPS) is 24.0. The van der Waals surface area contributed by atoms with Gasteiger partial charge in [0.25, 0.3) is 0 Å². The highest BCUT2D eigenvalue weighted by Gasteiger charge is 2.20. The highest BCUT2D eigenvalue weighted by molar-refractivity contribution is 4.94. The average molecular weight is 180 g/mol. The first-order valence-electron chi connectivity index (χ1n) is 4.91. The van der Waals surface area contributed by atoms with E-state index in [1.807, 2.05) is 6.33 Å². The molecule has 2 unspecified atom stereocenters. The smallest absolute Gasteiger partial charge is 0.133 e. The van der Waals surface area contributed by atoms with Crippen LogP contribution in [0.3, 0.4) is 0 Å². The van der Waals surface area contributed by atoms with Crippen LogP contribution in [-0.4, -0.2) is 20.8 Å². The minimum atomic E-state index is 0.262. The summed E-state index contributed by atoms with van der Waals surface area (Å²) in [6.07, 6.45) is 6.37. The second-order valence-electron chi connectivity index (χ2n) is 3.91. The van der Waals surface area contributed by atoms with Crippen LogP contribution in [0.25, 0.3) is 0 Å². The number of nitrogens with two attached hydrogens (primary N) is 1. The molecule has 1 aliphatic rings. The van der Waals surface area contributed by atoms with Gasteiger partial charge < -0.3 is 10.3 Å². The minimum Gasteiger partial charge on any atom is -0.328 e. The summed E-state index contributed by atoms with van der Waals surface area (Å²) >= 11 is 0. The Hall–Kier alpha value is -0.900. The molecular weight excluding hydrogens is 164 g/mol. The molecule has 2 rings (SSSR count). The summed E-state index contributed by atoms with van der Waals surface area (Å²) in [4.78, 5) is 0. The third-order valence-electron chi connectivity index (χ3n) is 2.62. The summed E-state index contributed by atoms with van der Waals surface area (Å²) in [7, 11) is 0. The summed E-state index contributed by atoms with van der Waals surface area (Å²) in [5, 5.41) is 8.02. The molecule has 0 aromatic carbocycles. The first kappa shape index (κ1) is 8.69. The molecule has 2 atom stereocenters. The zero-order chi connectivity index (χ0) is 9.26. The molecule has 0 radical (unpaired) electrons. The third-order valence-corrected chi connectivity index (χ3v) is 2.62. The van der Waals surface area contributed by atoms with Crippen LogP contribution in [0.4, 0.5) is 0 Å². The summed E-state index contributed by atoms with van der Waals surface area (Å²) in [6, 6.07) is 0.789. The average Bonchev–Trinajstić information content (AvgIpc) is 2.51. The van der Waals surface area contributed by atoms with Crippen molar-refractivity contribution >= 4 is 0 Å². The number of rotatable bonds is 2. The Bertz CT molecular complexity index is 279. The van der Waals surface area contributed by atoms with Crippen molar-refractivity contribution in [2.45, 2.75) is 44.7 Å². The summed E-state index contributed by atoms with van der Waals surface area (Å²) in [5.41, 5.74) is 5.79. The van der Waals surface area contributed by atoms with E-state index in [1.165, 1.54) is 12.8 Å². The van der Waals surface area contributed by atoms with Gasteiger partial charge in [0.05, 0.1) is 0 Å². The lowest BCUT2D eigenvalue weighted by atomic mass is 9.99. The number of nitrogens with zero attached hydrogens (tertiary/aromatic N) is 3. The fraction of sp³-hybridized carbons (Fsp3) is 0.778. The van der Waals surface area contributed by atoms with E-state index < -0.39 is 0 Å². The molecular formula is C9H16N4. The highest BCUT2D eigenvalue weighted by Crippen LogP contribution is 2.26. The Morgan fingerprint density at radius 1 is 1.77 bits per heavy atom. The van der Waals surface area contributed by atoms with E-state index in [0.717, 1.165) is 18.7 Å². The Balaban J connectivity index is 2.15. The van der Waals surface area contributed by atoms with Crippen LogP contribution in [0.5, 0.6) is 0 Å². The molecule has 0 amide bonds. The lowest BCUT2D eigenvalue weighted by Gasteiger charge is -2.25. The van der Waals surface area contributed by atoms with Crippen LogP contribution >= 0.6 is 0 Å². The predicted octanol–water partition coefficient (Wildman–Crippen LogP) is 0.893. The zero-order valence-electron chi connectivity index (χ0n) is 7.98. The fourth-order valence-electron chi connectivity index (χ4n) is 2.05. The second kappa shape index (κ2) is 3.46. The molecule has 4 heteroatoms. The highest BCUT2D eigenvalue weighted by atomic mass is 15.3. The quantitative estimate of drug-likeness (QED) is 0.735. The van der Waals surface area contributed by atoms with Gasteiger partial charge in [-0.05, 0) is 26.2 Å². The Morgan fingerprint density at radius 2 is 2.62 bits per heavy atom. The van der Waals surface area contributed by atoms with Crippen LogP contribution in [0.1, 0.15) is 38.1 Å². The molecule has 13 heavy (non-hydrogen) atoms. The van der Waals surface area contributed by atoms with E-state index in [1.54, 1.807) is 0 Å². The maximum atomic E-state index is 5.79. The standard InChI is InChI=1S/C9H16N4/c1-7(10)5-8-3-2-4-9-12-11-6-13(8)9/h6-8H,2-5,10H2,1H3. The monoisotopic (exact) mass is 180 g/mol. The molecule has 4 nitrogen and oxygen atoms in total. The number of aryl methyl sites for hydroxylation is 1. The van der Waals surface area contributed by atoms with Crippen LogP contribution in [0.15, 0.2) is 6.33 Å². The number of aromatic nitrogens is 3. The summed E-state index contributed by atoms with van der Waals surface area (Å²) in [5.74, 6) is 1.12. The van der Waals surface area contributed by atoms with E-state index >= 15 is 0 Å². The van der Waals surface area contributed by atoms with Crippen molar-refractivity contribution in [2.24, 2.45) is 5.73 Å². The van der Waals surface area contributed by atoms with Crippen LogP contribution in [0, 0.1) is 0 Å². The van der Waals surface area contributed by atoms with Gasteiger partial charge in [-0.1, -0.05) is 0 Å². The van der Waals surface area contributed by atoms with Crippen molar-refractivity contribution in [3.63, 3.8) is 0 Å². The SMILES string of the molecule is CC(N)CC1CCCc2nncn21. The van der Waals surface area contributed by atoms with E-state index in [-0.39, 0.29) is 6.04 Å². The van der Waals surface area contributed by atoms with Gasteiger partial charge in [-0.3, -0.25) is 0 Å². The number of fused-ring (bicyclic) bond motifs is 1. The van der Waals surface area contributed by atoms with Crippen LogP contribution in [0.2, 0.25) is 0 Å². The zero-order valence-corrected chi connectivity index (χ0v) is 7.98. The van der Waals surface area contributed by atoms with Crippen LogP contribution < -0.4 is 5.73 Å². The van der Waals surface area contributed by atoms with Crippen molar-refractivity contribution in [2.75, 3.05) is 0 Å². The van der Waals surface area contributed by atoms with Crippen molar-refractivity contribution in [1.29, 1.82) is 0 Å². The topological polar surface area (TPSA) is 56.7 Å². The lowest BCUT2D eigenvalue weighted by molar-refractivity contribution is 0.355. The molecule has 2 heterocycles. The fourth-order valence-corrected chi connectivity index (χ4v) is 2.05. The van der Waals surface area contributed by atoms with Gasteiger partial charge in [-0.15, -0.1) is 10.2 Å². The maximum absolute atomic E-state index is 5.79. The first-order valence-corrected chi connectivity index (χ1v) is 4.91. The van der Waals surface area contributed by atoms with Crippen molar-refractivity contribution in [1.82, 2.24) is 14.8 Å². The van der Waals surface area contributed by atoms with Gasteiger partial charge >= 0.3 is 0 Å². The Kier molecular flexibility index (Phi) is 2.31. The van der Waals surface area contributed by atoms with Gasteiger partial charge in [0.1, 0.15) is 12.2 Å². The summed E-state index contributed by atoms with van der Waals surface area (Å²) in [6.45, 7) is 2.05. The maximum Gasteiger partial charge on any atom is 0.133 e. The molecule has 1 aliphatic heterocycles. The minimum absolute atomic E-state index is 0.262. The molecule has 0 spiro atoms. The van der Waals surface area contributed by atoms with E-state index in [9.17, 15) is 0 Å². The van der Waals surface area contributed by atoms with Crippen molar-refractivity contribution in [3.8, 4) is 0 Å². The number of hydrogen-bond acceptors (Lipinski definition) is 3. The van der Waals surface area contributed by atoms with Crippen molar-refractivity contribution in [3.05, 3.63) is 12.2 Å². The van der Waals surface area contributed by atoms with Crippen LogP contribution in [-0.2, 0) is 6.42 Å². The van der Waals surface area contributed by atoms with E-state index in [2.05, 4.69) is 21.7 Å². The molecule has 72 valence electrons. The van der Waals surface area contributed by atoms with E-state index in [0.29, 0.717) is 6.04 Å². The molecule has 0 saturated carbocycles. The molecule has 1 aromatic heterocycles.